The lowest BCUT2D eigenvalue weighted by atomic mass is 9.94. The maximum atomic E-state index is 11.4. The molecule has 0 radical (unpaired) electrons. The van der Waals surface area contributed by atoms with Gasteiger partial charge in [-0.05, 0) is 41.0 Å². The van der Waals surface area contributed by atoms with E-state index in [1.807, 2.05) is 84.5 Å². The number of imidazole rings is 1. The van der Waals surface area contributed by atoms with Gasteiger partial charge in [0.15, 0.2) is 0 Å². The average molecular weight is 447 g/mol. The molecule has 0 bridgehead atoms. The molecule has 0 saturated carbocycles. The summed E-state index contributed by atoms with van der Waals surface area (Å²) in [5, 5.41) is 10.1. The van der Waals surface area contributed by atoms with Crippen molar-refractivity contribution in [2.24, 2.45) is 7.05 Å². The van der Waals surface area contributed by atoms with Gasteiger partial charge >= 0.3 is 5.97 Å². The number of carbonyl (C=O) groups is 1. The van der Waals surface area contributed by atoms with Crippen LogP contribution in [0, 0.1) is 0 Å². The highest BCUT2D eigenvalue weighted by atomic mass is 35.5. The Kier molecular flexibility index (Phi) is 6.57. The molecule has 4 rings (SSSR count). The van der Waals surface area contributed by atoms with Crippen molar-refractivity contribution < 1.29 is 14.6 Å². The number of ether oxygens (including phenoxy) is 1. The zero-order valence-electron chi connectivity index (χ0n) is 17.6. The molecule has 0 aliphatic carbocycles. The van der Waals surface area contributed by atoms with Gasteiger partial charge in [-0.1, -0.05) is 60.1 Å². The number of hydrogen-bond acceptors (Lipinski definition) is 3. The summed E-state index contributed by atoms with van der Waals surface area (Å²) in [5.74, 6) is 0.244. The molecule has 1 aromatic heterocycles. The second-order valence-corrected chi connectivity index (χ2v) is 7.99. The molecule has 162 valence electrons. The molecule has 0 aliphatic heterocycles. The van der Waals surface area contributed by atoms with Crippen molar-refractivity contribution in [2.45, 2.75) is 18.9 Å². The van der Waals surface area contributed by atoms with Gasteiger partial charge in [-0.15, -0.1) is 0 Å². The summed E-state index contributed by atoms with van der Waals surface area (Å²) in [7, 11) is 1.87. The van der Waals surface area contributed by atoms with Crippen LogP contribution in [-0.2, 0) is 18.4 Å². The number of aromatic nitrogens is 2. The van der Waals surface area contributed by atoms with Crippen molar-refractivity contribution in [3.05, 3.63) is 107 Å². The topological polar surface area (TPSA) is 64.4 Å². The first-order valence-electron chi connectivity index (χ1n) is 10.3. The first-order valence-corrected chi connectivity index (χ1v) is 10.6. The van der Waals surface area contributed by atoms with Gasteiger partial charge in [0, 0.05) is 30.0 Å². The number of carboxylic acids is 1. The highest BCUT2D eigenvalue weighted by Gasteiger charge is 2.21. The van der Waals surface area contributed by atoms with E-state index >= 15 is 0 Å². The van der Waals surface area contributed by atoms with Crippen LogP contribution < -0.4 is 4.74 Å². The largest absolute Gasteiger partial charge is 0.489 e. The second-order valence-electron chi connectivity index (χ2n) is 7.58. The maximum absolute atomic E-state index is 11.4. The Morgan fingerprint density at radius 3 is 2.56 bits per heavy atom. The standard InChI is InChI=1S/C26H23ClN2O3/c1-29-14-13-28-26(29)23(16-25(30)31)19-9-11-21(12-10-19)32-17-18-5-4-6-20(15-18)22-7-2-3-8-24(22)27/h2-15,23H,16-17H2,1H3,(H,30,31)/t23-/m0/s1. The Labute approximate surface area is 191 Å². The van der Waals surface area contributed by atoms with E-state index in [-0.39, 0.29) is 12.3 Å². The minimum Gasteiger partial charge on any atom is -0.489 e. The summed E-state index contributed by atoms with van der Waals surface area (Å²) in [4.78, 5) is 15.7. The molecule has 32 heavy (non-hydrogen) atoms. The first kappa shape index (κ1) is 21.7. The second kappa shape index (κ2) is 9.71. The zero-order valence-corrected chi connectivity index (χ0v) is 18.4. The lowest BCUT2D eigenvalue weighted by Crippen LogP contribution is -2.12. The van der Waals surface area contributed by atoms with Crippen LogP contribution in [0.1, 0.15) is 29.3 Å². The molecule has 4 aromatic rings. The van der Waals surface area contributed by atoms with Crippen LogP contribution in [0.15, 0.2) is 85.2 Å². The fourth-order valence-corrected chi connectivity index (χ4v) is 3.98. The summed E-state index contributed by atoms with van der Waals surface area (Å²) in [6, 6.07) is 23.4. The number of rotatable bonds is 8. The van der Waals surface area contributed by atoms with E-state index in [1.54, 1.807) is 6.20 Å². The number of hydrogen-bond donors (Lipinski definition) is 1. The van der Waals surface area contributed by atoms with Crippen molar-refractivity contribution in [3.8, 4) is 16.9 Å². The normalized spacial score (nSPS) is 11.8. The Bertz CT molecular complexity index is 1220. The lowest BCUT2D eigenvalue weighted by Gasteiger charge is -2.16. The van der Waals surface area contributed by atoms with Gasteiger partial charge in [0.2, 0.25) is 0 Å². The van der Waals surface area contributed by atoms with Gasteiger partial charge in [0.05, 0.1) is 12.3 Å². The highest BCUT2D eigenvalue weighted by Crippen LogP contribution is 2.30. The molecule has 6 heteroatoms. The van der Waals surface area contributed by atoms with E-state index in [0.717, 1.165) is 28.1 Å². The maximum Gasteiger partial charge on any atom is 0.304 e. The van der Waals surface area contributed by atoms with Crippen molar-refractivity contribution in [1.82, 2.24) is 9.55 Å². The lowest BCUT2D eigenvalue weighted by molar-refractivity contribution is -0.137. The fraction of sp³-hybridized carbons (Fsp3) is 0.154. The molecule has 1 atom stereocenters. The monoisotopic (exact) mass is 446 g/mol. The fourth-order valence-electron chi connectivity index (χ4n) is 3.73. The van der Waals surface area contributed by atoms with Crippen LogP contribution in [0.5, 0.6) is 5.75 Å². The summed E-state index contributed by atoms with van der Waals surface area (Å²) < 4.78 is 7.82. The van der Waals surface area contributed by atoms with Gasteiger partial charge in [-0.2, -0.15) is 0 Å². The van der Waals surface area contributed by atoms with Gasteiger partial charge in [-0.25, -0.2) is 4.98 Å². The molecule has 0 fully saturated rings. The van der Waals surface area contributed by atoms with Crippen LogP contribution in [0.3, 0.4) is 0 Å². The molecule has 0 amide bonds. The molecule has 5 nitrogen and oxygen atoms in total. The van der Waals surface area contributed by atoms with E-state index in [9.17, 15) is 9.90 Å². The van der Waals surface area contributed by atoms with Crippen LogP contribution in [0.2, 0.25) is 5.02 Å². The smallest absolute Gasteiger partial charge is 0.304 e. The minimum absolute atomic E-state index is 0.0279. The minimum atomic E-state index is -0.864. The van der Waals surface area contributed by atoms with E-state index in [2.05, 4.69) is 11.1 Å². The summed E-state index contributed by atoms with van der Waals surface area (Å²) in [6.07, 6.45) is 3.47. The Morgan fingerprint density at radius 1 is 1.09 bits per heavy atom. The number of nitrogens with zero attached hydrogens (tertiary/aromatic N) is 2. The third kappa shape index (κ3) is 5.01. The molecule has 3 aromatic carbocycles. The zero-order chi connectivity index (χ0) is 22.5. The number of halogens is 1. The van der Waals surface area contributed by atoms with Crippen molar-refractivity contribution in [2.75, 3.05) is 0 Å². The molecular formula is C26H23ClN2O3. The summed E-state index contributed by atoms with van der Waals surface area (Å²) in [5.41, 5.74) is 3.94. The van der Waals surface area contributed by atoms with Gasteiger partial charge in [0.1, 0.15) is 18.2 Å². The van der Waals surface area contributed by atoms with E-state index < -0.39 is 5.97 Å². The molecule has 0 spiro atoms. The number of carboxylic acid groups (broad SMARTS) is 1. The molecular weight excluding hydrogens is 424 g/mol. The Balaban J connectivity index is 1.47. The number of aliphatic carboxylic acids is 1. The van der Waals surface area contributed by atoms with E-state index in [1.165, 1.54) is 0 Å². The molecule has 0 unspecified atom stereocenters. The Hall–Kier alpha value is -3.57. The predicted octanol–water partition coefficient (Wildman–Crippen LogP) is 5.93. The number of benzene rings is 3. The SMILES string of the molecule is Cn1ccnc1[C@@H](CC(=O)O)c1ccc(OCc2cccc(-c3ccccc3Cl)c2)cc1. The third-order valence-electron chi connectivity index (χ3n) is 5.35. The molecule has 1 N–H and O–H groups in total. The third-order valence-corrected chi connectivity index (χ3v) is 5.68. The summed E-state index contributed by atoms with van der Waals surface area (Å²) in [6.45, 7) is 0.412. The van der Waals surface area contributed by atoms with Gasteiger partial charge < -0.3 is 14.4 Å². The van der Waals surface area contributed by atoms with Crippen molar-refractivity contribution in [3.63, 3.8) is 0 Å². The van der Waals surface area contributed by atoms with Crippen LogP contribution >= 0.6 is 11.6 Å². The van der Waals surface area contributed by atoms with Crippen molar-refractivity contribution in [1.29, 1.82) is 0 Å². The van der Waals surface area contributed by atoms with Crippen LogP contribution in [0.25, 0.3) is 11.1 Å². The quantitative estimate of drug-likeness (QED) is 0.364. The van der Waals surface area contributed by atoms with Crippen molar-refractivity contribution >= 4 is 17.6 Å². The molecule has 1 heterocycles. The van der Waals surface area contributed by atoms with Crippen LogP contribution in [-0.4, -0.2) is 20.6 Å². The summed E-state index contributed by atoms with van der Waals surface area (Å²) >= 11 is 6.33. The highest BCUT2D eigenvalue weighted by molar-refractivity contribution is 6.33. The van der Waals surface area contributed by atoms with Gasteiger partial charge in [-0.3, -0.25) is 4.79 Å². The van der Waals surface area contributed by atoms with E-state index in [0.29, 0.717) is 17.4 Å². The predicted molar refractivity (Wildman–Crippen MR) is 125 cm³/mol. The average Bonchev–Trinajstić information content (AvgIpc) is 3.22. The molecule has 0 saturated heterocycles. The molecule has 0 aliphatic rings. The number of aryl methyl sites for hydroxylation is 1. The van der Waals surface area contributed by atoms with Gasteiger partial charge in [0.25, 0.3) is 0 Å². The first-order chi connectivity index (χ1) is 15.5. The van der Waals surface area contributed by atoms with E-state index in [4.69, 9.17) is 16.3 Å². The Morgan fingerprint density at radius 2 is 1.88 bits per heavy atom. The van der Waals surface area contributed by atoms with Crippen LogP contribution in [0.4, 0.5) is 0 Å².